The third-order valence-corrected chi connectivity index (χ3v) is 9.76. The van der Waals surface area contributed by atoms with E-state index in [9.17, 15) is 4.39 Å². The molecule has 3 saturated heterocycles. The number of hydrogen-bond donors (Lipinski definition) is 2. The zero-order valence-corrected chi connectivity index (χ0v) is 24.5. The molecule has 3 fully saturated rings. The van der Waals surface area contributed by atoms with Gasteiger partial charge in [-0.05, 0) is 31.9 Å². The van der Waals surface area contributed by atoms with Crippen LogP contribution in [0, 0.1) is 5.41 Å². The number of methoxy groups -OCH3 is 1. The molecule has 0 aromatic carbocycles. The summed E-state index contributed by atoms with van der Waals surface area (Å²) < 4.78 is 25.2. The summed E-state index contributed by atoms with van der Waals surface area (Å²) in [4.78, 5) is 27.3. The number of piperidine rings is 1. The number of nitrogens with two attached hydrogens (primary N) is 1. The first-order valence-corrected chi connectivity index (χ1v) is 14.8. The summed E-state index contributed by atoms with van der Waals surface area (Å²) in [5.74, 6) is 2.19. The molecule has 6 heterocycles. The molecule has 0 saturated carbocycles. The fourth-order valence-corrected chi connectivity index (χ4v) is 6.72. The van der Waals surface area contributed by atoms with E-state index in [0.29, 0.717) is 34.2 Å². The van der Waals surface area contributed by atoms with Gasteiger partial charge < -0.3 is 30.3 Å². The van der Waals surface area contributed by atoms with Crippen molar-refractivity contribution in [2.75, 3.05) is 55.0 Å². The van der Waals surface area contributed by atoms with Gasteiger partial charge in [-0.2, -0.15) is 4.98 Å². The molecule has 3 aliphatic rings. The van der Waals surface area contributed by atoms with Gasteiger partial charge in [-0.3, -0.25) is 0 Å². The molecule has 11 nitrogen and oxygen atoms in total. The van der Waals surface area contributed by atoms with Crippen molar-refractivity contribution in [1.82, 2.24) is 24.9 Å². The van der Waals surface area contributed by atoms with Crippen LogP contribution in [0.1, 0.15) is 19.8 Å². The number of halogens is 2. The molecule has 14 heteroatoms. The molecule has 41 heavy (non-hydrogen) atoms. The fraction of sp³-hybridized carbons (Fsp3) is 0.519. The highest BCUT2D eigenvalue weighted by molar-refractivity contribution is 7.99. The van der Waals surface area contributed by atoms with E-state index < -0.39 is 12.3 Å². The van der Waals surface area contributed by atoms with Gasteiger partial charge >= 0.3 is 0 Å². The molecule has 4 atom stereocenters. The van der Waals surface area contributed by atoms with Crippen LogP contribution in [-0.4, -0.2) is 89.2 Å². The second kappa shape index (κ2) is 11.8. The van der Waals surface area contributed by atoms with E-state index in [2.05, 4.69) is 42.1 Å². The van der Waals surface area contributed by atoms with Crippen LogP contribution in [-0.2, 0) is 9.47 Å². The van der Waals surface area contributed by atoms with E-state index in [4.69, 9.17) is 26.8 Å². The average Bonchev–Trinajstić information content (AvgIpc) is 3.51. The van der Waals surface area contributed by atoms with Crippen LogP contribution in [0.3, 0.4) is 0 Å². The Labute approximate surface area is 247 Å². The van der Waals surface area contributed by atoms with Crippen molar-refractivity contribution < 1.29 is 13.9 Å². The molecule has 3 N–H and O–H groups in total. The first kappa shape index (κ1) is 28.3. The van der Waals surface area contributed by atoms with E-state index in [0.717, 1.165) is 43.3 Å². The summed E-state index contributed by atoms with van der Waals surface area (Å²) in [6.45, 7) is 5.10. The quantitative estimate of drug-likeness (QED) is 0.410. The maximum absolute atomic E-state index is 14.2. The maximum atomic E-state index is 14.2. The van der Waals surface area contributed by atoms with Crippen molar-refractivity contribution in [3.8, 4) is 0 Å². The zero-order chi connectivity index (χ0) is 28.6. The minimum atomic E-state index is -1.09. The Morgan fingerprint density at radius 2 is 1.93 bits per heavy atom. The summed E-state index contributed by atoms with van der Waals surface area (Å²) >= 11 is 8.13. The van der Waals surface area contributed by atoms with Gasteiger partial charge in [0.15, 0.2) is 5.82 Å². The first-order chi connectivity index (χ1) is 19.8. The van der Waals surface area contributed by atoms with Gasteiger partial charge in [0, 0.05) is 48.9 Å². The van der Waals surface area contributed by atoms with Gasteiger partial charge in [0.1, 0.15) is 28.9 Å². The Morgan fingerprint density at radius 3 is 2.61 bits per heavy atom. The molecule has 3 aliphatic heterocycles. The lowest BCUT2D eigenvalue weighted by Crippen LogP contribution is -2.50. The molecule has 0 bridgehead atoms. The van der Waals surface area contributed by atoms with E-state index in [-0.39, 0.29) is 24.1 Å². The minimum absolute atomic E-state index is 0.0645. The summed E-state index contributed by atoms with van der Waals surface area (Å²) in [5, 5.41) is 4.30. The number of nitrogens with zero attached hydrogens (tertiary/aromatic N) is 7. The summed E-state index contributed by atoms with van der Waals surface area (Å²) in [6.07, 6.45) is 7.32. The summed E-state index contributed by atoms with van der Waals surface area (Å²) in [6, 6.07) is 3.61. The van der Waals surface area contributed by atoms with E-state index in [1.54, 1.807) is 35.8 Å². The number of hydrogen-bond acceptors (Lipinski definition) is 12. The highest BCUT2D eigenvalue weighted by Crippen LogP contribution is 2.42. The van der Waals surface area contributed by atoms with Gasteiger partial charge in [-0.25, -0.2) is 24.3 Å². The third-order valence-electron chi connectivity index (χ3n) is 8.29. The number of pyridine rings is 1. The second-order valence-electron chi connectivity index (χ2n) is 10.7. The van der Waals surface area contributed by atoms with Crippen LogP contribution >= 0.6 is 23.4 Å². The first-order valence-electron chi connectivity index (χ1n) is 13.6. The van der Waals surface area contributed by atoms with Gasteiger partial charge in [-0.15, -0.1) is 0 Å². The topological polar surface area (TPSA) is 127 Å². The van der Waals surface area contributed by atoms with Crippen molar-refractivity contribution in [2.45, 2.75) is 54.1 Å². The molecule has 0 aliphatic carbocycles. The molecule has 3 aromatic heterocycles. The number of nitrogens with one attached hydrogen (secondary N) is 1. The van der Waals surface area contributed by atoms with Gasteiger partial charge in [-0.1, -0.05) is 23.4 Å². The molecular weight excluding hydrogens is 569 g/mol. The Morgan fingerprint density at radius 1 is 1.12 bits per heavy atom. The van der Waals surface area contributed by atoms with Crippen molar-refractivity contribution in [3.05, 3.63) is 41.9 Å². The van der Waals surface area contributed by atoms with Gasteiger partial charge in [0.2, 0.25) is 5.95 Å². The summed E-state index contributed by atoms with van der Waals surface area (Å²) in [5.41, 5.74) is 6.52. The van der Waals surface area contributed by atoms with Crippen LogP contribution < -0.4 is 20.9 Å². The molecule has 0 unspecified atom stereocenters. The maximum Gasteiger partial charge on any atom is 0.227 e. The Kier molecular flexibility index (Phi) is 8.14. The zero-order valence-electron chi connectivity index (χ0n) is 22.9. The fourth-order valence-electron chi connectivity index (χ4n) is 5.70. The molecule has 0 radical (unpaired) electrons. The molecule has 1 spiro atoms. The Hall–Kier alpha value is -2.84. The highest BCUT2D eigenvalue weighted by atomic mass is 35.5. The number of ether oxygens (including phenoxy) is 2. The van der Waals surface area contributed by atoms with Gasteiger partial charge in [0.05, 0.1) is 43.2 Å². The van der Waals surface area contributed by atoms with Crippen molar-refractivity contribution in [2.24, 2.45) is 11.1 Å². The predicted molar refractivity (Wildman–Crippen MR) is 156 cm³/mol. The van der Waals surface area contributed by atoms with Crippen molar-refractivity contribution in [3.63, 3.8) is 0 Å². The van der Waals surface area contributed by atoms with Crippen molar-refractivity contribution in [1.29, 1.82) is 0 Å². The normalized spacial score (nSPS) is 25.7. The van der Waals surface area contributed by atoms with E-state index >= 15 is 0 Å². The van der Waals surface area contributed by atoms with Crippen molar-refractivity contribution >= 4 is 46.8 Å². The average molecular weight is 602 g/mol. The van der Waals surface area contributed by atoms with Crippen LogP contribution in [0.4, 0.5) is 27.8 Å². The molecule has 218 valence electrons. The number of anilines is 4. The van der Waals surface area contributed by atoms with E-state index in [1.165, 1.54) is 18.9 Å². The molecular formula is C27H33ClFN9O2S. The second-order valence-corrected chi connectivity index (χ2v) is 12.2. The van der Waals surface area contributed by atoms with Gasteiger partial charge in [0.25, 0.3) is 0 Å². The highest BCUT2D eigenvalue weighted by Gasteiger charge is 2.47. The minimum Gasteiger partial charge on any atom is -0.377 e. The molecule has 6 rings (SSSR count). The van der Waals surface area contributed by atoms with E-state index in [1.807, 2.05) is 6.07 Å². The molecule has 0 amide bonds. The number of rotatable bonds is 7. The third kappa shape index (κ3) is 5.78. The summed E-state index contributed by atoms with van der Waals surface area (Å²) in [7, 11) is 1.50. The number of aromatic nitrogens is 5. The SMILES string of the molecule is CO[C@@H]1CN(c2nccc(Nc3nccc(Sc4cnc(N5CCC6(CC5)CO[C@@H](C)[C@H]6N)cn4)c3Cl)n2)C[C@H]1F. The predicted octanol–water partition coefficient (Wildman–Crippen LogP) is 3.72. The molecule has 3 aromatic rings. The lowest BCUT2D eigenvalue weighted by Gasteiger charge is -2.41. The number of alkyl halides is 1. The van der Waals surface area contributed by atoms with Crippen LogP contribution in [0.5, 0.6) is 0 Å². The smallest absolute Gasteiger partial charge is 0.227 e. The lowest BCUT2D eigenvalue weighted by molar-refractivity contribution is 0.0650. The lowest BCUT2D eigenvalue weighted by atomic mass is 9.73. The monoisotopic (exact) mass is 601 g/mol. The van der Waals surface area contributed by atoms with Crippen LogP contribution in [0.25, 0.3) is 0 Å². The van der Waals surface area contributed by atoms with Crippen LogP contribution in [0.2, 0.25) is 5.02 Å². The van der Waals surface area contributed by atoms with Crippen LogP contribution in [0.15, 0.2) is 46.8 Å². The Balaban J connectivity index is 1.09. The largest absolute Gasteiger partial charge is 0.377 e. The Bertz CT molecular complexity index is 1360. The standard InChI is InChI=1S/C27H33ClFN9O2S/c1-16-24(30)27(15-40-16)5-9-37(10-6-27)21-11-34-22(12-33-21)41-19-3-7-31-25(23(19)28)35-20-4-8-32-26(36-20)38-13-17(29)18(14-38)39-2/h3-4,7-8,11-12,16-18,24H,5-6,9-10,13-15,30H2,1-2H3,(H,31,32,35,36)/t16-,17+,18+,24+/m0/s1.